The Hall–Kier alpha value is -3.67. The molecular formula is C27H27F2N7O2S. The zero-order valence-corrected chi connectivity index (χ0v) is 22.7. The van der Waals surface area contributed by atoms with Gasteiger partial charge in [-0.1, -0.05) is 19.9 Å². The van der Waals surface area contributed by atoms with Crippen LogP contribution in [0, 0.1) is 17.0 Å². The van der Waals surface area contributed by atoms with E-state index in [1.54, 1.807) is 19.2 Å². The van der Waals surface area contributed by atoms with Crippen LogP contribution in [0.3, 0.4) is 0 Å². The predicted molar refractivity (Wildman–Crippen MR) is 139 cm³/mol. The number of aromatic nitrogens is 7. The molecule has 1 saturated carbocycles. The highest BCUT2D eigenvalue weighted by Gasteiger charge is 2.65. The van der Waals surface area contributed by atoms with Gasteiger partial charge in [0.15, 0.2) is 5.82 Å². The van der Waals surface area contributed by atoms with E-state index in [1.807, 2.05) is 6.07 Å². The highest BCUT2D eigenvalue weighted by atomic mass is 32.2. The maximum Gasteiger partial charge on any atom is 0.252 e. The van der Waals surface area contributed by atoms with Crippen LogP contribution in [0.2, 0.25) is 0 Å². The summed E-state index contributed by atoms with van der Waals surface area (Å²) in [5.41, 5.74) is 1.54. The number of benzene rings is 1. The van der Waals surface area contributed by atoms with Gasteiger partial charge in [-0.3, -0.25) is 0 Å². The van der Waals surface area contributed by atoms with Gasteiger partial charge < -0.3 is 0 Å². The Balaban J connectivity index is 1.41. The molecule has 39 heavy (non-hydrogen) atoms. The first kappa shape index (κ1) is 25.6. The van der Waals surface area contributed by atoms with Crippen LogP contribution in [0.1, 0.15) is 62.3 Å². The molecule has 2 bridgehead atoms. The van der Waals surface area contributed by atoms with Gasteiger partial charge in [-0.2, -0.15) is 9.78 Å². The third-order valence-electron chi connectivity index (χ3n) is 8.63. The van der Waals surface area contributed by atoms with E-state index < -0.39 is 32.1 Å². The van der Waals surface area contributed by atoms with Gasteiger partial charge in [-0.25, -0.2) is 32.2 Å². The molecule has 9 nitrogen and oxygen atoms in total. The molecule has 6 rings (SSSR count). The molecule has 1 unspecified atom stereocenters. The smallest absolute Gasteiger partial charge is 0.229 e. The largest absolute Gasteiger partial charge is 0.252 e. The van der Waals surface area contributed by atoms with Crippen LogP contribution < -0.4 is 0 Å². The summed E-state index contributed by atoms with van der Waals surface area (Å²) in [6.45, 7) is 5.95. The van der Waals surface area contributed by atoms with Crippen LogP contribution in [-0.2, 0) is 21.7 Å². The fraction of sp³-hybridized carbons (Fsp3) is 0.407. The van der Waals surface area contributed by atoms with Gasteiger partial charge in [0.1, 0.15) is 27.8 Å². The Morgan fingerprint density at radius 1 is 1.13 bits per heavy atom. The standard InChI is InChI=1S/C27H27F2N7O2S/c1-15(39(4,37)38)12-22-31-14-36(35-22)25-30-11-9-21(32-25)27-10-8-17(26(27,2)3)16-13-20(33-34-24(16)27)23-18(28)6-5-7-19(23)29/h5-7,9,11,13-15,17H,8,10,12H2,1-4H3/t15?,17-,27+/m0/s1. The Bertz CT molecular complexity index is 1700. The average Bonchev–Trinajstić information content (AvgIpc) is 3.51. The van der Waals surface area contributed by atoms with Crippen LogP contribution in [-0.4, -0.2) is 54.9 Å². The average molecular weight is 552 g/mol. The van der Waals surface area contributed by atoms with Crippen molar-refractivity contribution in [1.29, 1.82) is 0 Å². The monoisotopic (exact) mass is 551 g/mol. The van der Waals surface area contributed by atoms with Crippen molar-refractivity contribution in [3.63, 3.8) is 0 Å². The molecule has 12 heteroatoms. The van der Waals surface area contributed by atoms with Crippen LogP contribution in [0.5, 0.6) is 0 Å². The molecule has 1 aromatic carbocycles. The summed E-state index contributed by atoms with van der Waals surface area (Å²) in [4.78, 5) is 13.5. The van der Waals surface area contributed by atoms with Crippen LogP contribution in [0.15, 0.2) is 42.9 Å². The molecule has 0 aliphatic heterocycles. The fourth-order valence-corrected chi connectivity index (χ4v) is 6.80. The molecule has 3 aromatic heterocycles. The van der Waals surface area contributed by atoms with Crippen molar-refractivity contribution in [2.45, 2.75) is 56.6 Å². The lowest BCUT2D eigenvalue weighted by atomic mass is 9.66. The first-order chi connectivity index (χ1) is 18.4. The fourth-order valence-electron chi connectivity index (χ4n) is 6.35. The van der Waals surface area contributed by atoms with Gasteiger partial charge in [-0.15, -0.1) is 10.2 Å². The maximum absolute atomic E-state index is 14.5. The maximum atomic E-state index is 14.5. The number of fused-ring (bicyclic) bond motifs is 5. The van der Waals surface area contributed by atoms with Crippen LogP contribution in [0.25, 0.3) is 17.2 Å². The minimum Gasteiger partial charge on any atom is -0.229 e. The second-order valence-electron chi connectivity index (χ2n) is 11.0. The normalized spacial score (nSPS) is 22.2. The number of hydrogen-bond acceptors (Lipinski definition) is 8. The number of halogens is 2. The topological polar surface area (TPSA) is 116 Å². The lowest BCUT2D eigenvalue weighted by Crippen LogP contribution is -2.38. The van der Waals surface area contributed by atoms with Gasteiger partial charge >= 0.3 is 0 Å². The van der Waals surface area contributed by atoms with Crippen molar-refractivity contribution in [2.24, 2.45) is 5.41 Å². The van der Waals surface area contributed by atoms with Crippen molar-refractivity contribution < 1.29 is 17.2 Å². The van der Waals surface area contributed by atoms with E-state index in [1.165, 1.54) is 35.5 Å². The summed E-state index contributed by atoms with van der Waals surface area (Å²) >= 11 is 0. The van der Waals surface area contributed by atoms with Crippen molar-refractivity contribution >= 4 is 9.84 Å². The molecule has 2 aliphatic rings. The third-order valence-corrected chi connectivity index (χ3v) is 10.3. The van der Waals surface area contributed by atoms with Gasteiger partial charge in [0, 0.05) is 18.9 Å². The van der Waals surface area contributed by atoms with Gasteiger partial charge in [0.25, 0.3) is 5.95 Å². The molecule has 2 aliphatic carbocycles. The number of rotatable bonds is 6. The Morgan fingerprint density at radius 2 is 1.87 bits per heavy atom. The second kappa shape index (κ2) is 8.67. The number of sulfone groups is 1. The van der Waals surface area contributed by atoms with Gasteiger partial charge in [-0.05, 0) is 60.9 Å². The molecule has 3 atom stereocenters. The predicted octanol–water partition coefficient (Wildman–Crippen LogP) is 3.97. The lowest BCUT2D eigenvalue weighted by molar-refractivity contribution is 0.242. The van der Waals surface area contributed by atoms with Crippen LogP contribution >= 0.6 is 0 Å². The van der Waals surface area contributed by atoms with E-state index in [-0.39, 0.29) is 29.0 Å². The van der Waals surface area contributed by atoms with E-state index in [2.05, 4.69) is 39.1 Å². The second-order valence-corrected chi connectivity index (χ2v) is 13.5. The molecular weight excluding hydrogens is 524 g/mol. The van der Waals surface area contributed by atoms with Crippen molar-refractivity contribution in [1.82, 2.24) is 34.9 Å². The zero-order chi connectivity index (χ0) is 27.7. The molecule has 202 valence electrons. The van der Waals surface area contributed by atoms with E-state index in [9.17, 15) is 17.2 Å². The highest BCUT2D eigenvalue weighted by Crippen LogP contribution is 2.69. The Morgan fingerprint density at radius 3 is 2.59 bits per heavy atom. The van der Waals surface area contributed by atoms with E-state index in [4.69, 9.17) is 4.98 Å². The van der Waals surface area contributed by atoms with E-state index in [0.717, 1.165) is 29.8 Å². The molecule has 0 N–H and O–H groups in total. The third kappa shape index (κ3) is 3.79. The quantitative estimate of drug-likeness (QED) is 0.353. The molecule has 0 radical (unpaired) electrons. The molecule has 4 aromatic rings. The molecule has 0 spiro atoms. The number of nitrogens with zero attached hydrogens (tertiary/aromatic N) is 7. The summed E-state index contributed by atoms with van der Waals surface area (Å²) in [6, 6.07) is 7.38. The molecule has 3 heterocycles. The summed E-state index contributed by atoms with van der Waals surface area (Å²) in [7, 11) is -3.22. The Kier molecular flexibility index (Phi) is 5.69. The number of hydrogen-bond donors (Lipinski definition) is 0. The van der Waals surface area contributed by atoms with Crippen molar-refractivity contribution in [3.8, 4) is 17.2 Å². The summed E-state index contributed by atoms with van der Waals surface area (Å²) in [5, 5.41) is 12.7. The van der Waals surface area contributed by atoms with Crippen LogP contribution in [0.4, 0.5) is 8.78 Å². The summed E-state index contributed by atoms with van der Waals surface area (Å²) < 4.78 is 54.2. The minimum atomic E-state index is -3.22. The lowest BCUT2D eigenvalue weighted by Gasteiger charge is -2.37. The van der Waals surface area contributed by atoms with Crippen molar-refractivity contribution in [3.05, 3.63) is 77.3 Å². The van der Waals surface area contributed by atoms with Crippen molar-refractivity contribution in [2.75, 3.05) is 6.26 Å². The summed E-state index contributed by atoms with van der Waals surface area (Å²) in [6.07, 6.45) is 6.14. The summed E-state index contributed by atoms with van der Waals surface area (Å²) in [5.74, 6) is -0.574. The van der Waals surface area contributed by atoms with E-state index in [0.29, 0.717) is 11.8 Å². The molecule has 0 saturated heterocycles. The first-order valence-corrected chi connectivity index (χ1v) is 14.6. The van der Waals surface area contributed by atoms with Gasteiger partial charge in [0.05, 0.1) is 33.3 Å². The SMILES string of the molecule is CC(Cc1ncn(-c2nccc([C@]34CC[C@@H](c5cc(-c6c(F)cccc6F)nnc53)C4(C)C)n2)n1)S(C)(=O)=O. The zero-order valence-electron chi connectivity index (χ0n) is 21.9. The Labute approximate surface area is 224 Å². The van der Waals surface area contributed by atoms with Gasteiger partial charge in [0.2, 0.25) is 0 Å². The molecule has 0 amide bonds. The minimum absolute atomic E-state index is 0.102. The molecule has 1 fully saturated rings. The first-order valence-electron chi connectivity index (χ1n) is 12.7. The van der Waals surface area contributed by atoms with E-state index >= 15 is 0 Å². The highest BCUT2D eigenvalue weighted by molar-refractivity contribution is 7.91.